The molecule has 0 aliphatic carbocycles. The van der Waals surface area contributed by atoms with E-state index >= 15 is 0 Å². The molecule has 1 heterocycles. The maximum Gasteiger partial charge on any atom is 0.335 e. The number of carbonyl (C=O) groups excluding carboxylic acids is 1. The minimum absolute atomic E-state index is 0.0705. The zero-order chi connectivity index (χ0) is 15.0. The maximum atomic E-state index is 12.0. The van der Waals surface area contributed by atoms with Crippen LogP contribution in [0.25, 0.3) is 0 Å². The lowest BCUT2D eigenvalue weighted by atomic mass is 10.0. The topological polar surface area (TPSA) is 101 Å². The lowest BCUT2D eigenvalue weighted by Crippen LogP contribution is -2.46. The Hall–Kier alpha value is -1.89. The van der Waals surface area contributed by atoms with Gasteiger partial charge in [0.25, 0.3) is 5.91 Å². The number of sulfone groups is 1. The van der Waals surface area contributed by atoms with Gasteiger partial charge in [-0.1, -0.05) is 0 Å². The van der Waals surface area contributed by atoms with E-state index in [0.29, 0.717) is 12.0 Å². The molecule has 2 N–H and O–H groups in total. The van der Waals surface area contributed by atoms with Gasteiger partial charge in [0.15, 0.2) is 9.84 Å². The predicted molar refractivity (Wildman–Crippen MR) is 72.5 cm³/mol. The van der Waals surface area contributed by atoms with Crippen LogP contribution < -0.4 is 5.32 Å². The molecule has 1 aliphatic heterocycles. The molecule has 20 heavy (non-hydrogen) atoms. The van der Waals surface area contributed by atoms with E-state index in [0.717, 1.165) is 0 Å². The summed E-state index contributed by atoms with van der Waals surface area (Å²) in [6.07, 6.45) is 0.383. The monoisotopic (exact) mass is 297 g/mol. The summed E-state index contributed by atoms with van der Waals surface area (Å²) in [6, 6.07) is 5.49. The summed E-state index contributed by atoms with van der Waals surface area (Å²) in [7, 11) is -3.09. The van der Waals surface area contributed by atoms with Crippen LogP contribution in [0.5, 0.6) is 0 Å². The van der Waals surface area contributed by atoms with Gasteiger partial charge in [0, 0.05) is 5.56 Å². The van der Waals surface area contributed by atoms with Crippen molar-refractivity contribution in [1.29, 1.82) is 0 Å². The fourth-order valence-corrected chi connectivity index (χ4v) is 4.31. The summed E-state index contributed by atoms with van der Waals surface area (Å²) in [5.74, 6) is -1.46. The lowest BCUT2D eigenvalue weighted by molar-refractivity contribution is 0.0696. The maximum absolute atomic E-state index is 12.0. The second-order valence-corrected chi connectivity index (χ2v) is 7.42. The normalized spacial score (nSPS) is 24.2. The van der Waals surface area contributed by atoms with Crippen molar-refractivity contribution in [1.82, 2.24) is 5.32 Å². The molecule has 0 aromatic heterocycles. The molecule has 1 atom stereocenters. The van der Waals surface area contributed by atoms with Crippen LogP contribution >= 0.6 is 0 Å². The molecular formula is C13H15NO5S. The molecule has 1 saturated heterocycles. The number of nitrogens with one attached hydrogen (secondary N) is 1. The fourth-order valence-electron chi connectivity index (χ4n) is 2.22. The number of hydrogen-bond acceptors (Lipinski definition) is 4. The third-order valence-electron chi connectivity index (χ3n) is 3.31. The van der Waals surface area contributed by atoms with E-state index in [9.17, 15) is 18.0 Å². The molecule has 1 aliphatic rings. The number of amides is 1. The van der Waals surface area contributed by atoms with Crippen molar-refractivity contribution in [2.75, 3.05) is 11.5 Å². The summed E-state index contributed by atoms with van der Waals surface area (Å²) in [6.45, 7) is 1.70. The summed E-state index contributed by atoms with van der Waals surface area (Å²) in [4.78, 5) is 22.8. The molecule has 7 heteroatoms. The molecule has 108 valence electrons. The quantitative estimate of drug-likeness (QED) is 0.855. The van der Waals surface area contributed by atoms with Crippen molar-refractivity contribution in [3.8, 4) is 0 Å². The molecule has 0 saturated carbocycles. The van der Waals surface area contributed by atoms with Crippen LogP contribution in [0, 0.1) is 0 Å². The zero-order valence-corrected chi connectivity index (χ0v) is 11.7. The Kier molecular flexibility index (Phi) is 3.56. The molecule has 1 amide bonds. The smallest absolute Gasteiger partial charge is 0.335 e. The summed E-state index contributed by atoms with van der Waals surface area (Å²) in [5, 5.41) is 11.5. The molecule has 1 unspecified atom stereocenters. The standard InChI is InChI=1S/C13H15NO5S/c1-13(6-7-20(18,19)8-13)14-11(15)9-2-4-10(5-3-9)12(16)17/h2-5H,6-8H2,1H3,(H,14,15)(H,16,17). The highest BCUT2D eigenvalue weighted by atomic mass is 32.2. The van der Waals surface area contributed by atoms with Gasteiger partial charge in [-0.3, -0.25) is 4.79 Å². The van der Waals surface area contributed by atoms with E-state index in [2.05, 4.69) is 5.32 Å². The molecule has 0 radical (unpaired) electrons. The second-order valence-electron chi connectivity index (χ2n) is 5.24. The largest absolute Gasteiger partial charge is 0.478 e. The highest BCUT2D eigenvalue weighted by molar-refractivity contribution is 7.91. The molecule has 1 aromatic rings. The van der Waals surface area contributed by atoms with E-state index in [1.54, 1.807) is 6.92 Å². The third kappa shape index (κ3) is 3.16. The number of aromatic carboxylic acids is 1. The molecule has 2 rings (SSSR count). The molecular weight excluding hydrogens is 282 g/mol. The van der Waals surface area contributed by atoms with Gasteiger partial charge in [-0.05, 0) is 37.6 Å². The van der Waals surface area contributed by atoms with Crippen molar-refractivity contribution >= 4 is 21.7 Å². The number of carboxylic acid groups (broad SMARTS) is 1. The van der Waals surface area contributed by atoms with Crippen LogP contribution in [0.2, 0.25) is 0 Å². The van der Waals surface area contributed by atoms with E-state index < -0.39 is 27.3 Å². The van der Waals surface area contributed by atoms with Crippen LogP contribution in [0.3, 0.4) is 0 Å². The number of benzene rings is 1. The van der Waals surface area contributed by atoms with Crippen molar-refractivity contribution in [2.24, 2.45) is 0 Å². The summed E-state index contributed by atoms with van der Waals surface area (Å²) < 4.78 is 22.9. The van der Waals surface area contributed by atoms with Gasteiger partial charge in [-0.25, -0.2) is 13.2 Å². The first-order chi connectivity index (χ1) is 9.21. The molecule has 6 nitrogen and oxygen atoms in total. The van der Waals surface area contributed by atoms with Crippen LogP contribution in [0.4, 0.5) is 0 Å². The molecule has 0 spiro atoms. The van der Waals surface area contributed by atoms with E-state index in [1.807, 2.05) is 0 Å². The minimum atomic E-state index is -3.09. The average Bonchev–Trinajstić information content (AvgIpc) is 2.63. The van der Waals surface area contributed by atoms with E-state index in [1.165, 1.54) is 24.3 Å². The highest BCUT2D eigenvalue weighted by Crippen LogP contribution is 2.23. The number of hydrogen-bond donors (Lipinski definition) is 2. The van der Waals surface area contributed by atoms with Crippen LogP contribution in [0.15, 0.2) is 24.3 Å². The first kappa shape index (κ1) is 14.5. The Labute approximate surface area is 116 Å². The van der Waals surface area contributed by atoms with Gasteiger partial charge in [0.2, 0.25) is 0 Å². The van der Waals surface area contributed by atoms with Gasteiger partial charge in [-0.15, -0.1) is 0 Å². The third-order valence-corrected chi connectivity index (χ3v) is 5.22. The molecule has 1 fully saturated rings. The Morgan fingerprint density at radius 1 is 1.20 bits per heavy atom. The van der Waals surface area contributed by atoms with Gasteiger partial charge >= 0.3 is 5.97 Å². The van der Waals surface area contributed by atoms with Crippen molar-refractivity contribution in [3.05, 3.63) is 35.4 Å². The summed E-state index contributed by atoms with van der Waals surface area (Å²) in [5.41, 5.74) is -0.363. The lowest BCUT2D eigenvalue weighted by Gasteiger charge is -2.23. The molecule has 1 aromatic carbocycles. The predicted octanol–water partition coefficient (Wildman–Crippen LogP) is 0.692. The van der Waals surface area contributed by atoms with Crippen molar-refractivity contribution < 1.29 is 23.1 Å². The number of rotatable bonds is 3. The van der Waals surface area contributed by atoms with E-state index in [4.69, 9.17) is 5.11 Å². The zero-order valence-electron chi connectivity index (χ0n) is 10.9. The number of carbonyl (C=O) groups is 2. The average molecular weight is 297 g/mol. The highest BCUT2D eigenvalue weighted by Gasteiger charge is 2.39. The van der Waals surface area contributed by atoms with Gasteiger partial charge in [0.1, 0.15) is 0 Å². The van der Waals surface area contributed by atoms with Crippen LogP contribution in [-0.2, 0) is 9.84 Å². The first-order valence-corrected chi connectivity index (χ1v) is 7.89. The van der Waals surface area contributed by atoms with Gasteiger partial charge in [-0.2, -0.15) is 0 Å². The Morgan fingerprint density at radius 2 is 1.75 bits per heavy atom. The van der Waals surface area contributed by atoms with Gasteiger partial charge in [0.05, 0.1) is 22.6 Å². The van der Waals surface area contributed by atoms with Gasteiger partial charge < -0.3 is 10.4 Å². The van der Waals surface area contributed by atoms with E-state index in [-0.39, 0.29) is 17.1 Å². The Balaban J connectivity index is 2.11. The number of carboxylic acids is 1. The van der Waals surface area contributed by atoms with Crippen molar-refractivity contribution in [2.45, 2.75) is 18.9 Å². The van der Waals surface area contributed by atoms with Crippen molar-refractivity contribution in [3.63, 3.8) is 0 Å². The summed E-state index contributed by atoms with van der Waals surface area (Å²) >= 11 is 0. The fraction of sp³-hybridized carbons (Fsp3) is 0.385. The Bertz CT molecular complexity index is 650. The molecule has 0 bridgehead atoms. The Morgan fingerprint density at radius 3 is 2.20 bits per heavy atom. The second kappa shape index (κ2) is 4.90. The SMILES string of the molecule is CC1(NC(=O)c2ccc(C(=O)O)cc2)CCS(=O)(=O)C1. The first-order valence-electron chi connectivity index (χ1n) is 6.07. The van der Waals surface area contributed by atoms with Crippen LogP contribution in [0.1, 0.15) is 34.1 Å². The van der Waals surface area contributed by atoms with Crippen LogP contribution in [-0.4, -0.2) is 42.4 Å². The minimum Gasteiger partial charge on any atom is -0.478 e.